The van der Waals surface area contributed by atoms with E-state index < -0.39 is 25.8 Å². The van der Waals surface area contributed by atoms with Crippen LogP contribution in [0.5, 0.6) is 5.75 Å². The van der Waals surface area contributed by atoms with Crippen LogP contribution in [0.3, 0.4) is 0 Å². The standard InChI is InChI=1S/C21H20Cl2N2O5S2/c1-2-30-17-10-6-16(7-11-17)25-32(28,29)18-12-8-15(9-13-18)24-31(26,27)14-19-20(22)4-3-5-21(19)23/h3-13,24-25H,2,14H2,1H3. The van der Waals surface area contributed by atoms with Gasteiger partial charge in [-0.25, -0.2) is 16.8 Å². The molecule has 0 heterocycles. The lowest BCUT2D eigenvalue weighted by Gasteiger charge is -2.12. The van der Waals surface area contributed by atoms with Crippen molar-refractivity contribution in [2.45, 2.75) is 17.6 Å². The molecule has 7 nitrogen and oxygen atoms in total. The highest BCUT2D eigenvalue weighted by molar-refractivity contribution is 7.92. The Balaban J connectivity index is 1.71. The maximum Gasteiger partial charge on any atom is 0.261 e. The van der Waals surface area contributed by atoms with Crippen LogP contribution in [0, 0.1) is 0 Å². The summed E-state index contributed by atoms with van der Waals surface area (Å²) >= 11 is 12.1. The van der Waals surface area contributed by atoms with Gasteiger partial charge in [-0.15, -0.1) is 0 Å². The molecule has 0 unspecified atom stereocenters. The van der Waals surface area contributed by atoms with Gasteiger partial charge in [0, 0.05) is 27.0 Å². The Morgan fingerprint density at radius 2 is 1.31 bits per heavy atom. The monoisotopic (exact) mass is 514 g/mol. The lowest BCUT2D eigenvalue weighted by Crippen LogP contribution is -2.16. The van der Waals surface area contributed by atoms with Crippen molar-refractivity contribution in [3.8, 4) is 5.75 Å². The SMILES string of the molecule is CCOc1ccc(NS(=O)(=O)c2ccc(NS(=O)(=O)Cc3c(Cl)cccc3Cl)cc2)cc1. The molecule has 0 amide bonds. The fourth-order valence-corrected chi connectivity index (χ4v) is 5.78. The van der Waals surface area contributed by atoms with Gasteiger partial charge in [-0.1, -0.05) is 29.3 Å². The summed E-state index contributed by atoms with van der Waals surface area (Å²) in [5, 5.41) is 0.481. The molecule has 3 aromatic rings. The third-order valence-corrected chi connectivity index (χ3v) is 7.57. The van der Waals surface area contributed by atoms with Crippen LogP contribution in [0.2, 0.25) is 10.0 Å². The van der Waals surface area contributed by atoms with Crippen molar-refractivity contribution in [1.82, 2.24) is 0 Å². The van der Waals surface area contributed by atoms with Crippen molar-refractivity contribution < 1.29 is 21.6 Å². The van der Waals surface area contributed by atoms with Gasteiger partial charge in [0.25, 0.3) is 10.0 Å². The topological polar surface area (TPSA) is 102 Å². The van der Waals surface area contributed by atoms with Gasteiger partial charge in [0.2, 0.25) is 10.0 Å². The van der Waals surface area contributed by atoms with Gasteiger partial charge in [-0.2, -0.15) is 0 Å². The molecule has 0 radical (unpaired) electrons. The normalized spacial score (nSPS) is 11.7. The first-order valence-electron chi connectivity index (χ1n) is 9.39. The first-order valence-corrected chi connectivity index (χ1v) is 13.3. The zero-order valence-corrected chi connectivity index (χ0v) is 20.0. The molecule has 170 valence electrons. The highest BCUT2D eigenvalue weighted by atomic mass is 35.5. The average Bonchev–Trinajstić information content (AvgIpc) is 2.72. The molecule has 0 aromatic heterocycles. The van der Waals surface area contributed by atoms with Gasteiger partial charge < -0.3 is 4.74 Å². The molecule has 0 bridgehead atoms. The molecule has 32 heavy (non-hydrogen) atoms. The number of hydrogen-bond acceptors (Lipinski definition) is 5. The molecule has 0 fully saturated rings. The Hall–Kier alpha value is -2.46. The summed E-state index contributed by atoms with van der Waals surface area (Å²) in [5.41, 5.74) is 0.852. The molecule has 0 saturated heterocycles. The summed E-state index contributed by atoms with van der Waals surface area (Å²) in [6.45, 7) is 2.36. The molecule has 0 aliphatic carbocycles. The zero-order valence-electron chi connectivity index (χ0n) is 16.9. The van der Waals surface area contributed by atoms with E-state index in [1.54, 1.807) is 42.5 Å². The van der Waals surface area contributed by atoms with Crippen LogP contribution in [0.1, 0.15) is 12.5 Å². The van der Waals surface area contributed by atoms with Crippen LogP contribution in [0.4, 0.5) is 11.4 Å². The van der Waals surface area contributed by atoms with Gasteiger partial charge in [-0.05, 0) is 67.6 Å². The van der Waals surface area contributed by atoms with Crippen molar-refractivity contribution in [3.05, 3.63) is 82.3 Å². The molecule has 0 saturated carbocycles. The van der Waals surface area contributed by atoms with E-state index in [1.807, 2.05) is 6.92 Å². The lowest BCUT2D eigenvalue weighted by atomic mass is 10.2. The second-order valence-electron chi connectivity index (χ2n) is 6.65. The van der Waals surface area contributed by atoms with Crippen LogP contribution in [-0.4, -0.2) is 23.4 Å². The van der Waals surface area contributed by atoms with Crippen molar-refractivity contribution in [1.29, 1.82) is 0 Å². The van der Waals surface area contributed by atoms with Crippen molar-refractivity contribution in [2.24, 2.45) is 0 Å². The number of halogens is 2. The molecule has 0 atom stereocenters. The van der Waals surface area contributed by atoms with Crippen LogP contribution in [-0.2, 0) is 25.8 Å². The first-order chi connectivity index (χ1) is 15.1. The number of rotatable bonds is 9. The van der Waals surface area contributed by atoms with Crippen LogP contribution in [0.25, 0.3) is 0 Å². The predicted molar refractivity (Wildman–Crippen MR) is 128 cm³/mol. The third-order valence-electron chi connectivity index (χ3n) is 4.25. The first kappa shape index (κ1) is 24.2. The quantitative estimate of drug-likeness (QED) is 0.411. The Morgan fingerprint density at radius 1 is 0.781 bits per heavy atom. The number of anilines is 2. The Labute approximate surface area is 197 Å². The fraction of sp³-hybridized carbons (Fsp3) is 0.143. The van der Waals surface area contributed by atoms with E-state index in [0.29, 0.717) is 18.0 Å². The van der Waals surface area contributed by atoms with Crippen LogP contribution >= 0.6 is 23.2 Å². The van der Waals surface area contributed by atoms with Crippen LogP contribution in [0.15, 0.2) is 71.6 Å². The van der Waals surface area contributed by atoms with Crippen molar-refractivity contribution in [2.75, 3.05) is 16.1 Å². The third kappa shape index (κ3) is 6.29. The number of nitrogens with one attached hydrogen (secondary N) is 2. The molecule has 11 heteroatoms. The molecule has 0 spiro atoms. The highest BCUT2D eigenvalue weighted by Gasteiger charge is 2.18. The van der Waals surface area contributed by atoms with Gasteiger partial charge in [0.15, 0.2) is 0 Å². The Morgan fingerprint density at radius 3 is 1.88 bits per heavy atom. The molecule has 0 aliphatic rings. The van der Waals surface area contributed by atoms with E-state index in [0.717, 1.165) is 0 Å². The number of hydrogen-bond donors (Lipinski definition) is 2. The van der Waals surface area contributed by atoms with E-state index in [1.165, 1.54) is 24.3 Å². The van der Waals surface area contributed by atoms with Crippen molar-refractivity contribution >= 4 is 54.6 Å². The largest absolute Gasteiger partial charge is 0.494 e. The van der Waals surface area contributed by atoms with Crippen molar-refractivity contribution in [3.63, 3.8) is 0 Å². The number of ether oxygens (including phenoxy) is 1. The minimum Gasteiger partial charge on any atom is -0.494 e. The van der Waals surface area contributed by atoms with E-state index in [2.05, 4.69) is 9.44 Å². The predicted octanol–water partition coefficient (Wildman–Crippen LogP) is 5.13. The second kappa shape index (κ2) is 9.99. The maximum atomic E-state index is 12.6. The smallest absolute Gasteiger partial charge is 0.261 e. The lowest BCUT2D eigenvalue weighted by molar-refractivity contribution is 0.340. The van der Waals surface area contributed by atoms with Crippen LogP contribution < -0.4 is 14.2 Å². The summed E-state index contributed by atoms with van der Waals surface area (Å²) in [5.74, 6) is 0.204. The molecule has 3 aromatic carbocycles. The fourth-order valence-electron chi connectivity index (χ4n) is 2.78. The van der Waals surface area contributed by atoms with Gasteiger partial charge in [0.1, 0.15) is 5.75 Å². The Kier molecular flexibility index (Phi) is 7.55. The summed E-state index contributed by atoms with van der Waals surface area (Å²) in [6, 6.07) is 16.5. The molecular weight excluding hydrogens is 495 g/mol. The summed E-state index contributed by atoms with van der Waals surface area (Å²) in [4.78, 5) is -0.0246. The van der Waals surface area contributed by atoms with Gasteiger partial charge in [0.05, 0.1) is 17.3 Å². The summed E-state index contributed by atoms with van der Waals surface area (Å²) in [7, 11) is -7.70. The minimum atomic E-state index is -3.86. The molecule has 0 aliphatic heterocycles. The molecule has 2 N–H and O–H groups in total. The van der Waals surface area contributed by atoms with Gasteiger partial charge >= 0.3 is 0 Å². The summed E-state index contributed by atoms with van der Waals surface area (Å²) in [6.07, 6.45) is 0. The van der Waals surface area contributed by atoms with E-state index >= 15 is 0 Å². The highest BCUT2D eigenvalue weighted by Crippen LogP contribution is 2.27. The van der Waals surface area contributed by atoms with E-state index in [9.17, 15) is 16.8 Å². The number of sulfonamides is 2. The Bertz CT molecular complexity index is 1270. The zero-order chi connectivity index (χ0) is 23.4. The summed E-state index contributed by atoms with van der Waals surface area (Å²) < 4.78 is 60.4. The van der Waals surface area contributed by atoms with E-state index in [4.69, 9.17) is 27.9 Å². The second-order valence-corrected chi connectivity index (χ2v) is 10.9. The van der Waals surface area contributed by atoms with E-state index in [-0.39, 0.29) is 26.2 Å². The molecular formula is C21H20Cl2N2O5S2. The average molecular weight is 515 g/mol. The maximum absolute atomic E-state index is 12.6. The number of benzene rings is 3. The van der Waals surface area contributed by atoms with Gasteiger partial charge in [-0.3, -0.25) is 9.44 Å². The molecule has 3 rings (SSSR count). The minimum absolute atomic E-state index is 0.0246.